The smallest absolute Gasteiger partial charge is 0.0492 e. The van der Waals surface area contributed by atoms with Crippen molar-refractivity contribution >= 4 is 43.7 Å². The van der Waals surface area contributed by atoms with Crippen molar-refractivity contribution in [2.75, 3.05) is 4.90 Å². The van der Waals surface area contributed by atoms with E-state index < -0.39 is 0 Å². The quantitative estimate of drug-likeness (QED) is 0.197. The molecule has 3 atom stereocenters. The Bertz CT molecular complexity index is 2140. The Morgan fingerprint density at radius 1 is 0.628 bits per heavy atom. The van der Waals surface area contributed by atoms with Crippen LogP contribution in [0.15, 0.2) is 127 Å². The van der Waals surface area contributed by atoms with Gasteiger partial charge in [0, 0.05) is 22.8 Å². The van der Waals surface area contributed by atoms with Gasteiger partial charge in [-0.2, -0.15) is 0 Å². The first kappa shape index (κ1) is 24.9. The Morgan fingerprint density at radius 3 is 1.91 bits per heavy atom. The van der Waals surface area contributed by atoms with Gasteiger partial charge in [0.15, 0.2) is 0 Å². The molecule has 0 spiro atoms. The lowest BCUT2D eigenvalue weighted by Crippen LogP contribution is -2.46. The summed E-state index contributed by atoms with van der Waals surface area (Å²) in [6.07, 6.45) is 3.76. The molecule has 1 fully saturated rings. The van der Waals surface area contributed by atoms with Crippen molar-refractivity contribution in [1.29, 1.82) is 0 Å². The summed E-state index contributed by atoms with van der Waals surface area (Å²) in [6, 6.07) is 47.8. The van der Waals surface area contributed by atoms with Gasteiger partial charge in [-0.05, 0) is 117 Å². The fourth-order valence-electron chi connectivity index (χ4n) is 8.63. The van der Waals surface area contributed by atoms with Gasteiger partial charge in [0.1, 0.15) is 0 Å². The molecular formula is C42H35N. The average Bonchev–Trinajstić information content (AvgIpc) is 3.31. The predicted octanol–water partition coefficient (Wildman–Crippen LogP) is 11.7. The van der Waals surface area contributed by atoms with Crippen LogP contribution >= 0.6 is 0 Å². The van der Waals surface area contributed by atoms with E-state index in [4.69, 9.17) is 0 Å². The van der Waals surface area contributed by atoms with Crippen molar-refractivity contribution in [3.63, 3.8) is 0 Å². The second-order valence-electron chi connectivity index (χ2n) is 13.2. The Morgan fingerprint density at radius 2 is 1.23 bits per heavy atom. The van der Waals surface area contributed by atoms with Crippen molar-refractivity contribution in [3.05, 3.63) is 133 Å². The van der Waals surface area contributed by atoms with Crippen molar-refractivity contribution in [3.8, 4) is 22.3 Å². The van der Waals surface area contributed by atoms with Crippen LogP contribution in [0.25, 0.3) is 54.6 Å². The molecule has 0 aromatic heterocycles. The molecule has 1 saturated carbocycles. The van der Waals surface area contributed by atoms with Crippen LogP contribution in [0.4, 0.5) is 11.4 Å². The molecule has 3 unspecified atom stereocenters. The number of nitrogens with zero attached hydrogens (tertiary/aromatic N) is 1. The van der Waals surface area contributed by atoms with Crippen LogP contribution in [-0.2, 0) is 0 Å². The lowest BCUT2D eigenvalue weighted by Gasteiger charge is -2.45. The van der Waals surface area contributed by atoms with Gasteiger partial charge in [-0.3, -0.25) is 0 Å². The second kappa shape index (κ2) is 9.19. The summed E-state index contributed by atoms with van der Waals surface area (Å²) in [4.78, 5) is 2.66. The zero-order chi connectivity index (χ0) is 28.7. The minimum atomic E-state index is 0.102. The standard InChI is InChI=1S/C42H35N/c1-27-23-24-42(2)38(25-27)37-26-31(17-22-39(37)43(42)32-11-7-4-8-12-32)34-19-14-30-15-20-35-33(28-9-5-3-6-10-28)18-13-29-16-21-36(34)41(30)40(29)35/h3-22,26-27,38H,23-25H2,1-2H3. The topological polar surface area (TPSA) is 3.24 Å². The van der Waals surface area contributed by atoms with Crippen LogP contribution in [0.3, 0.4) is 0 Å². The van der Waals surface area contributed by atoms with Gasteiger partial charge < -0.3 is 4.90 Å². The van der Waals surface area contributed by atoms with E-state index in [1.165, 1.54) is 90.8 Å². The number of anilines is 2. The van der Waals surface area contributed by atoms with E-state index >= 15 is 0 Å². The van der Waals surface area contributed by atoms with E-state index in [1.54, 1.807) is 0 Å². The van der Waals surface area contributed by atoms with E-state index in [1.807, 2.05) is 0 Å². The molecule has 0 amide bonds. The summed E-state index contributed by atoms with van der Waals surface area (Å²) < 4.78 is 0. The number of benzene rings is 7. The fraction of sp³-hybridized carbons (Fsp3) is 0.190. The lowest BCUT2D eigenvalue weighted by molar-refractivity contribution is 0.237. The van der Waals surface area contributed by atoms with Crippen molar-refractivity contribution < 1.29 is 0 Å². The maximum Gasteiger partial charge on any atom is 0.0492 e. The predicted molar refractivity (Wildman–Crippen MR) is 184 cm³/mol. The van der Waals surface area contributed by atoms with Crippen LogP contribution in [-0.4, -0.2) is 5.54 Å². The number of hydrogen-bond acceptors (Lipinski definition) is 1. The molecule has 7 aromatic rings. The third-order valence-electron chi connectivity index (χ3n) is 10.8. The number of para-hydroxylation sites is 1. The summed E-state index contributed by atoms with van der Waals surface area (Å²) >= 11 is 0. The van der Waals surface area contributed by atoms with Gasteiger partial charge in [-0.15, -0.1) is 0 Å². The van der Waals surface area contributed by atoms with Gasteiger partial charge in [0.2, 0.25) is 0 Å². The molecule has 1 nitrogen and oxygen atoms in total. The van der Waals surface area contributed by atoms with Crippen LogP contribution in [0.2, 0.25) is 0 Å². The highest BCUT2D eigenvalue weighted by molar-refractivity contribution is 6.27. The summed E-state index contributed by atoms with van der Waals surface area (Å²) in [5.41, 5.74) is 9.56. The van der Waals surface area contributed by atoms with Gasteiger partial charge in [0.25, 0.3) is 0 Å². The highest BCUT2D eigenvalue weighted by Gasteiger charge is 2.51. The zero-order valence-corrected chi connectivity index (χ0v) is 24.8. The van der Waals surface area contributed by atoms with Gasteiger partial charge >= 0.3 is 0 Å². The molecule has 43 heavy (non-hydrogen) atoms. The minimum Gasteiger partial charge on any atom is -0.335 e. The van der Waals surface area contributed by atoms with Gasteiger partial charge in [-0.25, -0.2) is 0 Å². The summed E-state index contributed by atoms with van der Waals surface area (Å²) in [5.74, 6) is 1.28. The van der Waals surface area contributed by atoms with Crippen molar-refractivity contribution in [2.45, 2.75) is 44.6 Å². The maximum atomic E-state index is 2.66. The normalized spacial score (nSPS) is 21.5. The van der Waals surface area contributed by atoms with Crippen LogP contribution in [0, 0.1) is 5.92 Å². The maximum absolute atomic E-state index is 2.66. The molecule has 208 valence electrons. The zero-order valence-electron chi connectivity index (χ0n) is 24.8. The lowest BCUT2D eigenvalue weighted by atomic mass is 9.69. The Balaban J connectivity index is 1.25. The van der Waals surface area contributed by atoms with E-state index in [-0.39, 0.29) is 5.54 Å². The Kier molecular flexibility index (Phi) is 5.33. The SMILES string of the molecule is CC1CCC2(C)C(C1)c1cc(-c3ccc4ccc5c(-c6ccccc6)ccc6ccc3c4c65)ccc1N2c1ccccc1. The van der Waals surface area contributed by atoms with Crippen molar-refractivity contribution in [1.82, 2.24) is 0 Å². The molecule has 0 N–H and O–H groups in total. The summed E-state index contributed by atoms with van der Waals surface area (Å²) in [6.45, 7) is 4.95. The first-order valence-electron chi connectivity index (χ1n) is 15.9. The fourth-order valence-corrected chi connectivity index (χ4v) is 8.63. The van der Waals surface area contributed by atoms with Crippen LogP contribution < -0.4 is 4.90 Å². The van der Waals surface area contributed by atoms with Gasteiger partial charge in [-0.1, -0.05) is 110 Å². The Hall–Kier alpha value is -4.62. The number of hydrogen-bond donors (Lipinski definition) is 0. The Labute approximate surface area is 253 Å². The number of fused-ring (bicyclic) bond motifs is 3. The molecule has 7 aromatic carbocycles. The number of rotatable bonds is 3. The molecule has 0 saturated heterocycles. The van der Waals surface area contributed by atoms with Crippen LogP contribution in [0.1, 0.15) is 44.6 Å². The monoisotopic (exact) mass is 553 g/mol. The third kappa shape index (κ3) is 3.58. The van der Waals surface area contributed by atoms with E-state index in [0.29, 0.717) is 5.92 Å². The van der Waals surface area contributed by atoms with Crippen LogP contribution in [0.5, 0.6) is 0 Å². The molecule has 1 heteroatoms. The summed E-state index contributed by atoms with van der Waals surface area (Å²) in [7, 11) is 0. The highest BCUT2D eigenvalue weighted by atomic mass is 15.2. The third-order valence-corrected chi connectivity index (χ3v) is 10.8. The van der Waals surface area contributed by atoms with E-state index in [2.05, 4.69) is 146 Å². The molecule has 1 heterocycles. The van der Waals surface area contributed by atoms with E-state index in [9.17, 15) is 0 Å². The molecule has 2 aliphatic rings. The first-order chi connectivity index (χ1) is 21.1. The second-order valence-corrected chi connectivity index (χ2v) is 13.2. The van der Waals surface area contributed by atoms with Crippen molar-refractivity contribution in [2.24, 2.45) is 5.92 Å². The average molecular weight is 554 g/mol. The molecule has 0 bridgehead atoms. The largest absolute Gasteiger partial charge is 0.335 e. The molecule has 0 radical (unpaired) electrons. The minimum absolute atomic E-state index is 0.102. The molecule has 1 aliphatic heterocycles. The van der Waals surface area contributed by atoms with Gasteiger partial charge in [0.05, 0.1) is 0 Å². The van der Waals surface area contributed by atoms with E-state index in [0.717, 1.165) is 5.92 Å². The molecular weight excluding hydrogens is 518 g/mol. The molecule has 9 rings (SSSR count). The summed E-state index contributed by atoms with van der Waals surface area (Å²) in [5, 5.41) is 8.06. The first-order valence-corrected chi connectivity index (χ1v) is 15.9. The highest BCUT2D eigenvalue weighted by Crippen LogP contribution is 2.59. The molecule has 1 aliphatic carbocycles.